The monoisotopic (exact) mass is 310 g/mol. The van der Waals surface area contributed by atoms with E-state index >= 15 is 0 Å². The van der Waals surface area contributed by atoms with Crippen molar-refractivity contribution in [1.29, 1.82) is 0 Å². The lowest BCUT2D eigenvalue weighted by molar-refractivity contribution is 0.0965. The molecule has 1 N–H and O–H groups in total. The quantitative estimate of drug-likeness (QED) is 0.873. The van der Waals surface area contributed by atoms with Crippen molar-refractivity contribution in [2.24, 2.45) is 11.8 Å². The summed E-state index contributed by atoms with van der Waals surface area (Å²) in [6, 6.07) is 4.18. The van der Waals surface area contributed by atoms with Crippen LogP contribution in [0.15, 0.2) is 12.1 Å². The van der Waals surface area contributed by atoms with Crippen LogP contribution in [0.5, 0.6) is 5.88 Å². The molecule has 0 bridgehead atoms. The van der Waals surface area contributed by atoms with E-state index in [0.717, 1.165) is 30.4 Å². The zero-order valence-electron chi connectivity index (χ0n) is 13.5. The average molecular weight is 311 g/mol. The summed E-state index contributed by atoms with van der Waals surface area (Å²) >= 11 is 6.21. The van der Waals surface area contributed by atoms with Crippen molar-refractivity contribution < 1.29 is 4.74 Å². The van der Waals surface area contributed by atoms with E-state index in [9.17, 15) is 0 Å². The Morgan fingerprint density at radius 2 is 1.90 bits per heavy atom. The number of halogens is 1. The van der Waals surface area contributed by atoms with Gasteiger partial charge in [0.05, 0.1) is 10.7 Å². The molecule has 2 rings (SSSR count). The van der Waals surface area contributed by atoms with E-state index in [4.69, 9.17) is 16.3 Å². The van der Waals surface area contributed by atoms with Crippen LogP contribution in [-0.2, 0) is 6.54 Å². The molecule has 0 spiro atoms. The summed E-state index contributed by atoms with van der Waals surface area (Å²) in [4.78, 5) is 4.57. The first kappa shape index (κ1) is 16.6. The van der Waals surface area contributed by atoms with E-state index in [2.05, 4.69) is 38.0 Å². The summed E-state index contributed by atoms with van der Waals surface area (Å²) in [5, 5.41) is 4.04. The zero-order chi connectivity index (χ0) is 15.4. The van der Waals surface area contributed by atoms with Crippen molar-refractivity contribution in [3.05, 3.63) is 22.8 Å². The normalized spacial score (nSPS) is 26.1. The Morgan fingerprint density at radius 1 is 1.24 bits per heavy atom. The van der Waals surface area contributed by atoms with Gasteiger partial charge in [-0.25, -0.2) is 4.98 Å². The van der Waals surface area contributed by atoms with Crippen LogP contribution in [0.25, 0.3) is 0 Å². The second-order valence-corrected chi connectivity index (χ2v) is 7.18. The molecule has 0 saturated heterocycles. The largest absolute Gasteiger partial charge is 0.474 e. The van der Waals surface area contributed by atoms with Gasteiger partial charge >= 0.3 is 0 Å². The van der Waals surface area contributed by atoms with Crippen molar-refractivity contribution in [2.45, 2.75) is 65.6 Å². The van der Waals surface area contributed by atoms with E-state index in [1.54, 1.807) is 0 Å². The van der Waals surface area contributed by atoms with Crippen LogP contribution < -0.4 is 10.1 Å². The Labute approximate surface area is 133 Å². The molecule has 1 aromatic heterocycles. The molecule has 1 aliphatic rings. The Bertz CT molecular complexity index is 454. The summed E-state index contributed by atoms with van der Waals surface area (Å²) in [7, 11) is 0. The van der Waals surface area contributed by atoms with Crippen LogP contribution in [0.4, 0.5) is 0 Å². The van der Waals surface area contributed by atoms with Crippen LogP contribution in [0.3, 0.4) is 0 Å². The van der Waals surface area contributed by atoms with Gasteiger partial charge in [0.15, 0.2) is 0 Å². The molecular formula is C17H27ClN2O. The van der Waals surface area contributed by atoms with Crippen molar-refractivity contribution in [3.63, 3.8) is 0 Å². The van der Waals surface area contributed by atoms with Gasteiger partial charge in [0, 0.05) is 18.7 Å². The van der Waals surface area contributed by atoms with Gasteiger partial charge in [0.25, 0.3) is 0 Å². The van der Waals surface area contributed by atoms with Gasteiger partial charge in [0.2, 0.25) is 5.88 Å². The minimum absolute atomic E-state index is 0.281. The second-order valence-electron chi connectivity index (χ2n) is 6.77. The summed E-state index contributed by atoms with van der Waals surface area (Å²) in [6.45, 7) is 9.50. The smallest absolute Gasteiger partial charge is 0.213 e. The number of ether oxygens (including phenoxy) is 1. The van der Waals surface area contributed by atoms with E-state index in [1.165, 1.54) is 6.42 Å². The molecule has 0 aliphatic heterocycles. The summed E-state index contributed by atoms with van der Waals surface area (Å²) in [5.41, 5.74) is 0.861. The number of nitrogens with one attached hydrogen (secondary N) is 1. The molecule has 3 nitrogen and oxygen atoms in total. The molecule has 0 aromatic carbocycles. The van der Waals surface area contributed by atoms with Crippen LogP contribution in [0.2, 0.25) is 5.02 Å². The van der Waals surface area contributed by atoms with E-state index in [1.807, 2.05) is 12.1 Å². The lowest BCUT2D eigenvalue weighted by Crippen LogP contribution is -2.29. The number of hydrogen-bond acceptors (Lipinski definition) is 3. The van der Waals surface area contributed by atoms with Gasteiger partial charge in [0.1, 0.15) is 6.10 Å². The maximum Gasteiger partial charge on any atom is 0.213 e. The molecule has 2 unspecified atom stereocenters. The molecule has 1 fully saturated rings. The molecule has 21 heavy (non-hydrogen) atoms. The maximum atomic E-state index is 6.21. The third-order valence-corrected chi connectivity index (χ3v) is 4.34. The highest BCUT2D eigenvalue weighted by molar-refractivity contribution is 6.31. The minimum atomic E-state index is 0.281. The number of aromatic nitrogens is 1. The average Bonchev–Trinajstić information content (AvgIpc) is 2.38. The molecule has 118 valence electrons. The van der Waals surface area contributed by atoms with Gasteiger partial charge in [-0.2, -0.15) is 0 Å². The third kappa shape index (κ3) is 5.15. The van der Waals surface area contributed by atoms with Crippen molar-refractivity contribution in [1.82, 2.24) is 10.3 Å². The standard InChI is InChI=1S/C17H27ClN2O/c1-11(2)19-10-16-15(18)5-6-17(20-16)21-14-8-12(3)7-13(4)9-14/h5-6,11-14,19H,7-10H2,1-4H3. The van der Waals surface area contributed by atoms with Gasteiger partial charge in [-0.05, 0) is 37.2 Å². The highest BCUT2D eigenvalue weighted by Gasteiger charge is 2.25. The Kier molecular flexibility index (Phi) is 5.88. The Morgan fingerprint density at radius 3 is 2.52 bits per heavy atom. The Hall–Kier alpha value is -0.800. The van der Waals surface area contributed by atoms with Crippen molar-refractivity contribution in [3.8, 4) is 5.88 Å². The van der Waals surface area contributed by atoms with Crippen molar-refractivity contribution >= 4 is 11.6 Å². The highest BCUT2D eigenvalue weighted by atomic mass is 35.5. The van der Waals surface area contributed by atoms with E-state index in [0.29, 0.717) is 23.5 Å². The number of hydrogen-bond donors (Lipinski definition) is 1. The molecule has 1 aliphatic carbocycles. The molecule has 4 heteroatoms. The number of pyridine rings is 1. The summed E-state index contributed by atoms with van der Waals surface area (Å²) < 4.78 is 6.10. The van der Waals surface area contributed by atoms with Crippen LogP contribution >= 0.6 is 11.6 Å². The first-order valence-corrected chi connectivity index (χ1v) is 8.37. The molecule has 1 heterocycles. The first-order chi connectivity index (χ1) is 9.94. The van der Waals surface area contributed by atoms with Crippen molar-refractivity contribution in [2.75, 3.05) is 0 Å². The van der Waals surface area contributed by atoms with Gasteiger partial charge in [-0.15, -0.1) is 0 Å². The van der Waals surface area contributed by atoms with Crippen LogP contribution in [-0.4, -0.2) is 17.1 Å². The Balaban J connectivity index is 2.01. The van der Waals surface area contributed by atoms with Crippen LogP contribution in [0.1, 0.15) is 52.7 Å². The molecule has 1 saturated carbocycles. The molecule has 2 atom stereocenters. The van der Waals surface area contributed by atoms with E-state index < -0.39 is 0 Å². The second kappa shape index (κ2) is 7.46. The van der Waals surface area contributed by atoms with E-state index in [-0.39, 0.29) is 6.10 Å². The molecule has 1 aromatic rings. The SMILES string of the molecule is CC1CC(C)CC(Oc2ccc(Cl)c(CNC(C)C)n2)C1. The van der Waals surface area contributed by atoms with Crippen LogP contribution in [0, 0.1) is 11.8 Å². The fraction of sp³-hybridized carbons (Fsp3) is 0.706. The zero-order valence-corrected chi connectivity index (χ0v) is 14.3. The first-order valence-electron chi connectivity index (χ1n) is 7.99. The van der Waals surface area contributed by atoms with Gasteiger partial charge < -0.3 is 10.1 Å². The van der Waals surface area contributed by atoms with Gasteiger partial charge in [-0.3, -0.25) is 0 Å². The number of rotatable bonds is 5. The molecular weight excluding hydrogens is 284 g/mol. The fourth-order valence-electron chi connectivity index (χ4n) is 3.09. The third-order valence-electron chi connectivity index (χ3n) is 3.99. The summed E-state index contributed by atoms with van der Waals surface area (Å²) in [5.74, 6) is 2.16. The topological polar surface area (TPSA) is 34.1 Å². The predicted molar refractivity (Wildman–Crippen MR) is 87.8 cm³/mol. The number of nitrogens with zero attached hydrogens (tertiary/aromatic N) is 1. The lowest BCUT2D eigenvalue weighted by Gasteiger charge is -2.31. The maximum absolute atomic E-state index is 6.21. The molecule has 0 amide bonds. The predicted octanol–water partition coefficient (Wildman–Crippen LogP) is 4.44. The summed E-state index contributed by atoms with van der Waals surface area (Å²) in [6.07, 6.45) is 3.82. The fourth-order valence-corrected chi connectivity index (χ4v) is 3.27. The minimum Gasteiger partial charge on any atom is -0.474 e. The molecule has 0 radical (unpaired) electrons. The lowest BCUT2D eigenvalue weighted by atomic mass is 9.82. The highest BCUT2D eigenvalue weighted by Crippen LogP contribution is 2.31. The van der Waals surface area contributed by atoms with Gasteiger partial charge in [-0.1, -0.05) is 39.3 Å².